The van der Waals surface area contributed by atoms with E-state index in [0.29, 0.717) is 0 Å². The Morgan fingerprint density at radius 1 is 0.950 bits per heavy atom. The van der Waals surface area contributed by atoms with Crippen molar-refractivity contribution in [3.05, 3.63) is 0 Å². The van der Waals surface area contributed by atoms with Crippen LogP contribution < -0.4 is 0 Å². The maximum absolute atomic E-state index is 12.2. The van der Waals surface area contributed by atoms with Crippen molar-refractivity contribution in [2.75, 3.05) is 27.7 Å². The molecule has 0 aromatic heterocycles. The van der Waals surface area contributed by atoms with Gasteiger partial charge in [0.05, 0.1) is 33.6 Å². The highest BCUT2D eigenvalue weighted by atomic mass is 16.5. The molecule has 0 spiro atoms. The highest BCUT2D eigenvalue weighted by Gasteiger charge is 2.31. The molecule has 2 aliphatic carbocycles. The minimum Gasteiger partial charge on any atom is -0.462 e. The molecule has 3 heteroatoms. The van der Waals surface area contributed by atoms with Gasteiger partial charge in [-0.2, -0.15) is 0 Å². The summed E-state index contributed by atoms with van der Waals surface area (Å²) in [7, 11) is 6.76. The van der Waals surface area contributed by atoms with Crippen molar-refractivity contribution >= 4 is 5.97 Å². The fourth-order valence-electron chi connectivity index (χ4n) is 3.80. The standard InChI is InChI=1S/C17H32NO2/c1-18(2,3)13-14-9-11-15(12-10-14)17(19)20-16-7-5-4-6-8-16/h14-16H,4-13H2,1-3H3/q+1. The summed E-state index contributed by atoms with van der Waals surface area (Å²) in [6.45, 7) is 1.23. The van der Waals surface area contributed by atoms with E-state index in [4.69, 9.17) is 4.74 Å². The molecule has 0 aromatic rings. The molecular formula is C17H32NO2+. The van der Waals surface area contributed by atoms with Crippen molar-refractivity contribution in [3.63, 3.8) is 0 Å². The minimum atomic E-state index is 0.0978. The SMILES string of the molecule is C[N+](C)(C)CC1CCC(C(=O)OC2CCCCC2)CC1. The zero-order chi connectivity index (χ0) is 14.6. The van der Waals surface area contributed by atoms with Gasteiger partial charge in [-0.25, -0.2) is 0 Å². The van der Waals surface area contributed by atoms with Crippen molar-refractivity contribution in [1.29, 1.82) is 0 Å². The first-order valence-electron chi connectivity index (χ1n) is 8.45. The fourth-order valence-corrected chi connectivity index (χ4v) is 3.80. The molecule has 0 heterocycles. The number of carbonyl (C=O) groups excluding carboxylic acids is 1. The van der Waals surface area contributed by atoms with Crippen LogP contribution in [-0.2, 0) is 9.53 Å². The van der Waals surface area contributed by atoms with Crippen LogP contribution in [0, 0.1) is 11.8 Å². The number of rotatable bonds is 4. The summed E-state index contributed by atoms with van der Waals surface area (Å²) in [5, 5.41) is 0. The normalized spacial score (nSPS) is 29.1. The van der Waals surface area contributed by atoms with Gasteiger partial charge in [0, 0.05) is 5.92 Å². The predicted molar refractivity (Wildman–Crippen MR) is 81.3 cm³/mol. The molecule has 116 valence electrons. The van der Waals surface area contributed by atoms with Gasteiger partial charge in [0.15, 0.2) is 0 Å². The maximum Gasteiger partial charge on any atom is 0.309 e. The highest BCUT2D eigenvalue weighted by Crippen LogP contribution is 2.31. The molecule has 20 heavy (non-hydrogen) atoms. The zero-order valence-corrected chi connectivity index (χ0v) is 13.6. The number of quaternary nitrogens is 1. The van der Waals surface area contributed by atoms with Gasteiger partial charge >= 0.3 is 5.97 Å². The van der Waals surface area contributed by atoms with Gasteiger partial charge in [0.1, 0.15) is 6.10 Å². The number of nitrogens with zero attached hydrogens (tertiary/aromatic N) is 1. The van der Waals surface area contributed by atoms with Crippen LogP contribution in [0.4, 0.5) is 0 Å². The van der Waals surface area contributed by atoms with Gasteiger partial charge in [-0.05, 0) is 51.4 Å². The molecular weight excluding hydrogens is 250 g/mol. The number of carbonyl (C=O) groups is 1. The third kappa shape index (κ3) is 5.08. The summed E-state index contributed by atoms with van der Waals surface area (Å²) in [5.74, 6) is 1.06. The van der Waals surface area contributed by atoms with Crippen molar-refractivity contribution < 1.29 is 14.0 Å². The average Bonchev–Trinajstić information content (AvgIpc) is 2.39. The summed E-state index contributed by atoms with van der Waals surface area (Å²) in [4.78, 5) is 12.2. The van der Waals surface area contributed by atoms with Crippen LogP contribution in [-0.4, -0.2) is 44.2 Å². The van der Waals surface area contributed by atoms with Gasteiger partial charge < -0.3 is 9.22 Å². The van der Waals surface area contributed by atoms with E-state index < -0.39 is 0 Å². The lowest BCUT2D eigenvalue weighted by Crippen LogP contribution is -2.40. The Labute approximate surface area is 124 Å². The maximum atomic E-state index is 12.2. The number of hydrogen-bond donors (Lipinski definition) is 0. The lowest BCUT2D eigenvalue weighted by Gasteiger charge is -2.33. The first-order valence-corrected chi connectivity index (χ1v) is 8.45. The average molecular weight is 282 g/mol. The van der Waals surface area contributed by atoms with Crippen LogP contribution >= 0.6 is 0 Å². The van der Waals surface area contributed by atoms with Crippen molar-refractivity contribution in [3.8, 4) is 0 Å². The molecule has 2 rings (SSSR count). The van der Waals surface area contributed by atoms with Crippen LogP contribution in [0.3, 0.4) is 0 Å². The van der Waals surface area contributed by atoms with E-state index in [0.717, 1.165) is 36.1 Å². The summed E-state index contributed by atoms with van der Waals surface area (Å²) < 4.78 is 6.75. The van der Waals surface area contributed by atoms with Gasteiger partial charge in [0.25, 0.3) is 0 Å². The number of esters is 1. The van der Waals surface area contributed by atoms with E-state index >= 15 is 0 Å². The highest BCUT2D eigenvalue weighted by molar-refractivity contribution is 5.72. The van der Waals surface area contributed by atoms with Crippen molar-refractivity contribution in [2.24, 2.45) is 11.8 Å². The second-order valence-corrected chi connectivity index (χ2v) is 7.89. The van der Waals surface area contributed by atoms with Gasteiger partial charge in [-0.3, -0.25) is 4.79 Å². The third-order valence-electron chi connectivity index (χ3n) is 4.82. The Kier molecular flexibility index (Phi) is 5.48. The largest absolute Gasteiger partial charge is 0.462 e. The molecule has 2 fully saturated rings. The number of hydrogen-bond acceptors (Lipinski definition) is 2. The van der Waals surface area contributed by atoms with Crippen molar-refractivity contribution in [1.82, 2.24) is 0 Å². The van der Waals surface area contributed by atoms with E-state index in [1.165, 1.54) is 38.6 Å². The summed E-state index contributed by atoms with van der Waals surface area (Å²) in [6.07, 6.45) is 10.6. The van der Waals surface area contributed by atoms with E-state index in [2.05, 4.69) is 21.1 Å². The molecule has 0 bridgehead atoms. The lowest BCUT2D eigenvalue weighted by molar-refractivity contribution is -0.874. The lowest BCUT2D eigenvalue weighted by atomic mass is 9.81. The molecule has 3 nitrogen and oxygen atoms in total. The van der Waals surface area contributed by atoms with E-state index in [9.17, 15) is 4.79 Å². The predicted octanol–water partition coefficient (Wildman–Crippen LogP) is 3.37. The van der Waals surface area contributed by atoms with Gasteiger partial charge in [-0.15, -0.1) is 0 Å². The molecule has 2 aliphatic rings. The first kappa shape index (κ1) is 15.8. The Morgan fingerprint density at radius 2 is 1.55 bits per heavy atom. The molecule has 0 saturated heterocycles. The Morgan fingerprint density at radius 3 is 2.10 bits per heavy atom. The smallest absolute Gasteiger partial charge is 0.309 e. The molecule has 0 radical (unpaired) electrons. The Balaban J connectivity index is 1.71. The first-order chi connectivity index (χ1) is 9.44. The van der Waals surface area contributed by atoms with E-state index in [1.54, 1.807) is 0 Å². The molecule has 0 unspecified atom stereocenters. The van der Waals surface area contributed by atoms with Crippen LogP contribution in [0.1, 0.15) is 57.8 Å². The topological polar surface area (TPSA) is 26.3 Å². The third-order valence-corrected chi connectivity index (χ3v) is 4.82. The van der Waals surface area contributed by atoms with Gasteiger partial charge in [0.2, 0.25) is 0 Å². The quantitative estimate of drug-likeness (QED) is 0.584. The minimum absolute atomic E-state index is 0.0978. The second-order valence-electron chi connectivity index (χ2n) is 7.89. The summed E-state index contributed by atoms with van der Waals surface area (Å²) in [6, 6.07) is 0. The van der Waals surface area contributed by atoms with E-state index in [1.807, 2.05) is 0 Å². The Bertz CT molecular complexity index is 307. The van der Waals surface area contributed by atoms with Crippen LogP contribution in [0.5, 0.6) is 0 Å². The Hall–Kier alpha value is -0.570. The molecule has 0 aromatic carbocycles. The fraction of sp³-hybridized carbons (Fsp3) is 0.941. The molecule has 0 amide bonds. The van der Waals surface area contributed by atoms with Crippen LogP contribution in [0.2, 0.25) is 0 Å². The van der Waals surface area contributed by atoms with Crippen LogP contribution in [0.15, 0.2) is 0 Å². The number of ether oxygens (including phenoxy) is 1. The molecule has 2 saturated carbocycles. The molecule has 0 atom stereocenters. The zero-order valence-electron chi connectivity index (χ0n) is 13.6. The second kappa shape index (κ2) is 6.93. The van der Waals surface area contributed by atoms with Gasteiger partial charge in [-0.1, -0.05) is 6.42 Å². The summed E-state index contributed by atoms with van der Waals surface area (Å²) in [5.41, 5.74) is 0. The van der Waals surface area contributed by atoms with E-state index in [-0.39, 0.29) is 18.0 Å². The van der Waals surface area contributed by atoms with Crippen molar-refractivity contribution in [2.45, 2.75) is 63.9 Å². The van der Waals surface area contributed by atoms with Crippen LogP contribution in [0.25, 0.3) is 0 Å². The monoisotopic (exact) mass is 282 g/mol. The summed E-state index contributed by atoms with van der Waals surface area (Å²) >= 11 is 0. The molecule has 0 aliphatic heterocycles. The molecule has 0 N–H and O–H groups in total.